The van der Waals surface area contributed by atoms with Crippen LogP contribution in [0.2, 0.25) is 0 Å². The van der Waals surface area contributed by atoms with Gasteiger partial charge in [0.05, 0.1) is 12.7 Å². The second-order valence-corrected chi connectivity index (χ2v) is 5.41. The summed E-state index contributed by atoms with van der Waals surface area (Å²) in [7, 11) is 0. The Balaban J connectivity index is 2.20. The Bertz CT molecular complexity index is 986. The van der Waals surface area contributed by atoms with Crippen molar-refractivity contribution in [2.45, 2.75) is 6.92 Å². The molecule has 0 aliphatic carbocycles. The summed E-state index contributed by atoms with van der Waals surface area (Å²) in [6.07, 6.45) is -0.706. The molecule has 3 aromatic rings. The topological polar surface area (TPSA) is 83.5 Å². The van der Waals surface area contributed by atoms with E-state index in [0.29, 0.717) is 16.5 Å². The second-order valence-electron chi connectivity index (χ2n) is 5.41. The maximum Gasteiger partial charge on any atom is 0.415 e. The number of ketones is 1. The molecule has 26 heavy (non-hydrogen) atoms. The fraction of sp³-hybridized carbons (Fsp3) is 0.150. The first-order valence-electron chi connectivity index (χ1n) is 8.10. The second kappa shape index (κ2) is 7.53. The first kappa shape index (κ1) is 17.2. The fourth-order valence-corrected chi connectivity index (χ4v) is 2.68. The van der Waals surface area contributed by atoms with Gasteiger partial charge in [-0.05, 0) is 19.1 Å². The molecule has 0 atom stereocenters. The number of carbonyl (C=O) groups is 2. The van der Waals surface area contributed by atoms with Crippen LogP contribution in [0.1, 0.15) is 23.0 Å². The van der Waals surface area contributed by atoms with Gasteiger partial charge in [0.1, 0.15) is 17.8 Å². The Kier molecular flexibility index (Phi) is 4.99. The van der Waals surface area contributed by atoms with E-state index in [9.17, 15) is 9.59 Å². The van der Waals surface area contributed by atoms with Crippen LogP contribution in [0.25, 0.3) is 11.0 Å². The van der Waals surface area contributed by atoms with Crippen molar-refractivity contribution in [3.8, 4) is 6.07 Å². The van der Waals surface area contributed by atoms with Crippen molar-refractivity contribution in [1.29, 1.82) is 5.26 Å². The summed E-state index contributed by atoms with van der Waals surface area (Å²) in [4.78, 5) is 26.5. The number of furan rings is 1. The number of hydrogen-bond acceptors (Lipinski definition) is 5. The molecule has 0 fully saturated rings. The predicted octanol–water partition coefficient (Wildman–Crippen LogP) is 4.15. The fourth-order valence-electron chi connectivity index (χ4n) is 2.68. The van der Waals surface area contributed by atoms with E-state index in [4.69, 9.17) is 14.4 Å². The van der Waals surface area contributed by atoms with E-state index in [2.05, 4.69) is 0 Å². The van der Waals surface area contributed by atoms with Gasteiger partial charge in [0, 0.05) is 10.9 Å². The average Bonchev–Trinajstić information content (AvgIpc) is 3.05. The van der Waals surface area contributed by atoms with E-state index in [-0.39, 0.29) is 30.4 Å². The molecule has 0 saturated heterocycles. The molecular weight excluding hydrogens is 332 g/mol. The van der Waals surface area contributed by atoms with Crippen molar-refractivity contribution in [3.63, 3.8) is 0 Å². The molecule has 1 amide bonds. The van der Waals surface area contributed by atoms with Crippen LogP contribution in [0, 0.1) is 11.3 Å². The third-order valence-corrected chi connectivity index (χ3v) is 3.80. The number of benzene rings is 2. The van der Waals surface area contributed by atoms with E-state index in [1.165, 1.54) is 0 Å². The van der Waals surface area contributed by atoms with Gasteiger partial charge in [0.2, 0.25) is 5.78 Å². The molecule has 6 nitrogen and oxygen atoms in total. The molecule has 130 valence electrons. The van der Waals surface area contributed by atoms with Gasteiger partial charge in [-0.15, -0.1) is 0 Å². The molecule has 0 unspecified atom stereocenters. The van der Waals surface area contributed by atoms with E-state index in [1.54, 1.807) is 61.5 Å². The Morgan fingerprint density at radius 3 is 2.50 bits per heavy atom. The summed E-state index contributed by atoms with van der Waals surface area (Å²) < 4.78 is 10.8. The SMILES string of the molecule is CCOC(=O)N(CC#N)c1c(C(=O)c2ccccc2)oc2ccccc12. The minimum atomic E-state index is -0.706. The van der Waals surface area contributed by atoms with E-state index in [0.717, 1.165) is 4.90 Å². The molecule has 0 aliphatic heterocycles. The van der Waals surface area contributed by atoms with E-state index < -0.39 is 6.09 Å². The van der Waals surface area contributed by atoms with Crippen LogP contribution in [0.3, 0.4) is 0 Å². The highest BCUT2D eigenvalue weighted by atomic mass is 16.6. The molecule has 3 rings (SSSR count). The maximum absolute atomic E-state index is 13.0. The standard InChI is InChI=1S/C20H16N2O4/c1-2-25-20(24)22(13-12-21)17-15-10-6-7-11-16(15)26-19(17)18(23)14-8-4-3-5-9-14/h3-11H,2,13H2,1H3. The number of nitrogens with zero attached hydrogens (tertiary/aromatic N) is 2. The number of para-hydroxylation sites is 1. The van der Waals surface area contributed by atoms with Crippen molar-refractivity contribution in [1.82, 2.24) is 0 Å². The van der Waals surface area contributed by atoms with Gasteiger partial charge in [0.15, 0.2) is 5.76 Å². The molecular formula is C20H16N2O4. The Morgan fingerprint density at radius 1 is 1.12 bits per heavy atom. The number of fused-ring (bicyclic) bond motifs is 1. The van der Waals surface area contributed by atoms with Crippen molar-refractivity contribution >= 4 is 28.5 Å². The highest BCUT2D eigenvalue weighted by Crippen LogP contribution is 2.35. The molecule has 6 heteroatoms. The highest BCUT2D eigenvalue weighted by molar-refractivity contribution is 6.17. The van der Waals surface area contributed by atoms with Crippen molar-refractivity contribution < 1.29 is 18.7 Å². The van der Waals surface area contributed by atoms with Gasteiger partial charge < -0.3 is 9.15 Å². The summed E-state index contributed by atoms with van der Waals surface area (Å²) >= 11 is 0. The first-order chi connectivity index (χ1) is 12.7. The summed E-state index contributed by atoms with van der Waals surface area (Å²) in [6, 6.07) is 17.5. The van der Waals surface area contributed by atoms with Crippen molar-refractivity contribution in [3.05, 3.63) is 65.9 Å². The summed E-state index contributed by atoms with van der Waals surface area (Å²) in [5.41, 5.74) is 1.12. The van der Waals surface area contributed by atoms with Gasteiger partial charge in [-0.2, -0.15) is 5.26 Å². The van der Waals surface area contributed by atoms with Crippen LogP contribution in [0.4, 0.5) is 10.5 Å². The Morgan fingerprint density at radius 2 is 1.81 bits per heavy atom. The number of ether oxygens (including phenoxy) is 1. The number of amides is 1. The molecule has 0 saturated carbocycles. The lowest BCUT2D eigenvalue weighted by atomic mass is 10.1. The number of carbonyl (C=O) groups excluding carboxylic acids is 2. The lowest BCUT2D eigenvalue weighted by Crippen LogP contribution is -2.33. The minimum Gasteiger partial charge on any atom is -0.450 e. The quantitative estimate of drug-likeness (QED) is 0.511. The Labute approximate surface area is 150 Å². The highest BCUT2D eigenvalue weighted by Gasteiger charge is 2.29. The molecule has 0 spiro atoms. The normalized spacial score (nSPS) is 10.3. The van der Waals surface area contributed by atoms with Gasteiger partial charge in [-0.3, -0.25) is 9.69 Å². The number of rotatable bonds is 5. The van der Waals surface area contributed by atoms with Crippen LogP contribution in [0.5, 0.6) is 0 Å². The lowest BCUT2D eigenvalue weighted by Gasteiger charge is -2.18. The smallest absolute Gasteiger partial charge is 0.415 e. The zero-order chi connectivity index (χ0) is 18.5. The van der Waals surface area contributed by atoms with Crippen LogP contribution >= 0.6 is 0 Å². The molecule has 0 bridgehead atoms. The van der Waals surface area contributed by atoms with Gasteiger partial charge >= 0.3 is 6.09 Å². The van der Waals surface area contributed by atoms with Crippen LogP contribution in [-0.2, 0) is 4.74 Å². The zero-order valence-corrected chi connectivity index (χ0v) is 14.1. The number of hydrogen-bond donors (Lipinski definition) is 0. The van der Waals surface area contributed by atoms with Gasteiger partial charge in [0.25, 0.3) is 0 Å². The van der Waals surface area contributed by atoms with Crippen molar-refractivity contribution in [2.24, 2.45) is 0 Å². The first-order valence-corrected chi connectivity index (χ1v) is 8.10. The Hall–Kier alpha value is -3.59. The largest absolute Gasteiger partial charge is 0.450 e. The average molecular weight is 348 g/mol. The molecule has 0 aliphatic rings. The minimum absolute atomic E-state index is 0.000651. The van der Waals surface area contributed by atoms with Gasteiger partial charge in [-0.25, -0.2) is 4.79 Å². The van der Waals surface area contributed by atoms with Crippen LogP contribution < -0.4 is 4.90 Å². The molecule has 1 heterocycles. The molecule has 2 aromatic carbocycles. The maximum atomic E-state index is 13.0. The molecule has 1 aromatic heterocycles. The van der Waals surface area contributed by atoms with Crippen LogP contribution in [0.15, 0.2) is 59.0 Å². The third kappa shape index (κ3) is 3.15. The molecule has 0 N–H and O–H groups in total. The van der Waals surface area contributed by atoms with Gasteiger partial charge in [-0.1, -0.05) is 42.5 Å². The van der Waals surface area contributed by atoms with E-state index >= 15 is 0 Å². The van der Waals surface area contributed by atoms with Crippen LogP contribution in [-0.4, -0.2) is 25.0 Å². The summed E-state index contributed by atoms with van der Waals surface area (Å²) in [5, 5.41) is 9.72. The monoisotopic (exact) mass is 348 g/mol. The number of anilines is 1. The third-order valence-electron chi connectivity index (χ3n) is 3.80. The lowest BCUT2D eigenvalue weighted by molar-refractivity contribution is 0.101. The summed E-state index contributed by atoms with van der Waals surface area (Å²) in [6.45, 7) is 1.56. The van der Waals surface area contributed by atoms with E-state index in [1.807, 2.05) is 6.07 Å². The molecule has 0 radical (unpaired) electrons. The van der Waals surface area contributed by atoms with Crippen molar-refractivity contribution in [2.75, 3.05) is 18.1 Å². The predicted molar refractivity (Wildman–Crippen MR) is 96.1 cm³/mol. The zero-order valence-electron chi connectivity index (χ0n) is 14.1. The number of nitriles is 1. The summed E-state index contributed by atoms with van der Waals surface area (Å²) in [5.74, 6) is -0.371.